The van der Waals surface area contributed by atoms with E-state index >= 15 is 0 Å². The summed E-state index contributed by atoms with van der Waals surface area (Å²) in [6.07, 6.45) is 7.28. The summed E-state index contributed by atoms with van der Waals surface area (Å²) < 4.78 is 5.36. The SMILES string of the molecule is C(CN[C@H]1C[C@H]2CC[C@H]1C2)CN1CCOCC1. The largest absolute Gasteiger partial charge is 0.379 e. The number of morpholine rings is 1. The monoisotopic (exact) mass is 238 g/mol. The van der Waals surface area contributed by atoms with Crippen molar-refractivity contribution in [2.24, 2.45) is 11.8 Å². The lowest BCUT2D eigenvalue weighted by Crippen LogP contribution is -2.39. The zero-order valence-corrected chi connectivity index (χ0v) is 10.9. The van der Waals surface area contributed by atoms with Crippen LogP contribution in [0.5, 0.6) is 0 Å². The minimum atomic E-state index is 0.860. The average Bonchev–Trinajstić information content (AvgIpc) is 2.98. The highest BCUT2D eigenvalue weighted by atomic mass is 16.5. The van der Waals surface area contributed by atoms with Crippen LogP contribution in [0.15, 0.2) is 0 Å². The molecule has 3 fully saturated rings. The Morgan fingerprint density at radius 2 is 2.00 bits per heavy atom. The predicted molar refractivity (Wildman–Crippen MR) is 69.1 cm³/mol. The van der Waals surface area contributed by atoms with Crippen LogP contribution >= 0.6 is 0 Å². The fraction of sp³-hybridized carbons (Fsp3) is 1.00. The van der Waals surface area contributed by atoms with Gasteiger partial charge >= 0.3 is 0 Å². The molecule has 2 aliphatic carbocycles. The molecule has 1 aliphatic heterocycles. The number of ether oxygens (including phenoxy) is 1. The van der Waals surface area contributed by atoms with Gasteiger partial charge in [0.2, 0.25) is 0 Å². The summed E-state index contributed by atoms with van der Waals surface area (Å²) >= 11 is 0. The van der Waals surface area contributed by atoms with Gasteiger partial charge in [-0.15, -0.1) is 0 Å². The van der Waals surface area contributed by atoms with Crippen molar-refractivity contribution in [3.05, 3.63) is 0 Å². The first kappa shape index (κ1) is 11.9. The van der Waals surface area contributed by atoms with Gasteiger partial charge in [0, 0.05) is 19.1 Å². The molecule has 2 bridgehead atoms. The maximum absolute atomic E-state index is 5.36. The molecule has 3 nitrogen and oxygen atoms in total. The summed E-state index contributed by atoms with van der Waals surface area (Å²) in [6.45, 7) is 6.59. The van der Waals surface area contributed by atoms with Crippen LogP contribution in [-0.4, -0.2) is 50.3 Å². The van der Waals surface area contributed by atoms with Gasteiger partial charge < -0.3 is 10.1 Å². The molecular formula is C14H26N2O. The maximum Gasteiger partial charge on any atom is 0.0594 e. The Morgan fingerprint density at radius 3 is 2.71 bits per heavy atom. The van der Waals surface area contributed by atoms with Crippen LogP contribution in [0, 0.1) is 11.8 Å². The number of hydrogen-bond acceptors (Lipinski definition) is 3. The summed E-state index contributed by atoms with van der Waals surface area (Å²) in [5.41, 5.74) is 0. The zero-order valence-electron chi connectivity index (χ0n) is 10.9. The standard InChI is InChI=1S/C14H26N2O/c1(5-16-6-8-17-9-7-16)4-15-14-11-12-2-3-13(14)10-12/h12-15H,1-11H2/t12-,13-,14-/m0/s1. The van der Waals surface area contributed by atoms with Crippen molar-refractivity contribution in [3.8, 4) is 0 Å². The van der Waals surface area contributed by atoms with Crippen molar-refractivity contribution < 1.29 is 4.74 Å². The predicted octanol–water partition coefficient (Wildman–Crippen LogP) is 1.49. The molecule has 0 radical (unpaired) electrons. The Bertz CT molecular complexity index is 240. The lowest BCUT2D eigenvalue weighted by Gasteiger charge is -2.27. The smallest absolute Gasteiger partial charge is 0.0594 e. The molecule has 0 aromatic heterocycles. The molecule has 1 heterocycles. The molecule has 1 saturated heterocycles. The van der Waals surface area contributed by atoms with E-state index in [1.807, 2.05) is 0 Å². The van der Waals surface area contributed by atoms with Crippen molar-refractivity contribution in [1.29, 1.82) is 0 Å². The van der Waals surface area contributed by atoms with E-state index in [2.05, 4.69) is 10.2 Å². The third kappa shape index (κ3) is 3.01. The van der Waals surface area contributed by atoms with Crippen molar-refractivity contribution >= 4 is 0 Å². The Labute approximate surface area is 105 Å². The molecule has 98 valence electrons. The molecule has 0 aromatic carbocycles. The van der Waals surface area contributed by atoms with Gasteiger partial charge in [0.05, 0.1) is 13.2 Å². The summed E-state index contributed by atoms with van der Waals surface area (Å²) in [4.78, 5) is 2.53. The Kier molecular flexibility index (Phi) is 3.99. The van der Waals surface area contributed by atoms with Crippen LogP contribution in [-0.2, 0) is 4.74 Å². The van der Waals surface area contributed by atoms with E-state index in [1.165, 1.54) is 45.2 Å². The second-order valence-corrected chi connectivity index (χ2v) is 6.04. The summed E-state index contributed by atoms with van der Waals surface area (Å²) in [5, 5.41) is 3.79. The summed E-state index contributed by atoms with van der Waals surface area (Å²) in [7, 11) is 0. The quantitative estimate of drug-likeness (QED) is 0.734. The molecule has 3 rings (SSSR count). The number of fused-ring (bicyclic) bond motifs is 2. The van der Waals surface area contributed by atoms with E-state index in [0.717, 1.165) is 44.2 Å². The van der Waals surface area contributed by atoms with Crippen LogP contribution in [0.4, 0.5) is 0 Å². The number of rotatable bonds is 5. The lowest BCUT2D eigenvalue weighted by atomic mass is 9.95. The van der Waals surface area contributed by atoms with E-state index in [0.29, 0.717) is 0 Å². The first-order chi connectivity index (χ1) is 8.42. The second-order valence-electron chi connectivity index (χ2n) is 6.04. The van der Waals surface area contributed by atoms with Crippen LogP contribution in [0.25, 0.3) is 0 Å². The van der Waals surface area contributed by atoms with Gasteiger partial charge in [0.25, 0.3) is 0 Å². The lowest BCUT2D eigenvalue weighted by molar-refractivity contribution is 0.0373. The van der Waals surface area contributed by atoms with Gasteiger partial charge in [0.1, 0.15) is 0 Å². The van der Waals surface area contributed by atoms with Gasteiger partial charge in [-0.1, -0.05) is 6.42 Å². The van der Waals surface area contributed by atoms with Crippen LogP contribution in [0.2, 0.25) is 0 Å². The number of nitrogens with zero attached hydrogens (tertiary/aromatic N) is 1. The van der Waals surface area contributed by atoms with Gasteiger partial charge in [-0.25, -0.2) is 0 Å². The number of hydrogen-bond donors (Lipinski definition) is 1. The molecule has 3 heteroatoms. The van der Waals surface area contributed by atoms with E-state index in [-0.39, 0.29) is 0 Å². The number of nitrogens with one attached hydrogen (secondary N) is 1. The zero-order chi connectivity index (χ0) is 11.5. The molecule has 0 spiro atoms. The van der Waals surface area contributed by atoms with Crippen LogP contribution < -0.4 is 5.32 Å². The Balaban J connectivity index is 1.28. The van der Waals surface area contributed by atoms with Crippen molar-refractivity contribution in [2.45, 2.75) is 38.1 Å². The molecule has 0 aromatic rings. The van der Waals surface area contributed by atoms with E-state index in [9.17, 15) is 0 Å². The van der Waals surface area contributed by atoms with Crippen molar-refractivity contribution in [2.75, 3.05) is 39.4 Å². The van der Waals surface area contributed by atoms with E-state index in [1.54, 1.807) is 0 Å². The highest BCUT2D eigenvalue weighted by Gasteiger charge is 2.38. The molecule has 17 heavy (non-hydrogen) atoms. The third-order valence-electron chi connectivity index (χ3n) is 4.90. The van der Waals surface area contributed by atoms with Gasteiger partial charge in [-0.05, 0) is 50.6 Å². The highest BCUT2D eigenvalue weighted by molar-refractivity contribution is 4.93. The molecular weight excluding hydrogens is 212 g/mol. The minimum Gasteiger partial charge on any atom is -0.379 e. The Hall–Kier alpha value is -0.120. The van der Waals surface area contributed by atoms with Gasteiger partial charge in [-0.2, -0.15) is 0 Å². The minimum absolute atomic E-state index is 0.860. The molecule has 3 atom stereocenters. The topological polar surface area (TPSA) is 24.5 Å². The van der Waals surface area contributed by atoms with Crippen LogP contribution in [0.1, 0.15) is 32.1 Å². The fourth-order valence-electron chi connectivity index (χ4n) is 3.91. The fourth-order valence-corrected chi connectivity index (χ4v) is 3.91. The maximum atomic E-state index is 5.36. The van der Waals surface area contributed by atoms with E-state index < -0.39 is 0 Å². The molecule has 1 N–H and O–H groups in total. The molecule has 0 unspecified atom stereocenters. The molecule has 3 aliphatic rings. The van der Waals surface area contributed by atoms with Crippen LogP contribution in [0.3, 0.4) is 0 Å². The highest BCUT2D eigenvalue weighted by Crippen LogP contribution is 2.44. The van der Waals surface area contributed by atoms with Gasteiger partial charge in [-0.3, -0.25) is 4.90 Å². The summed E-state index contributed by atoms with van der Waals surface area (Å²) in [6, 6.07) is 0.860. The second kappa shape index (κ2) is 5.68. The average molecular weight is 238 g/mol. The first-order valence-electron chi connectivity index (χ1n) is 7.45. The van der Waals surface area contributed by atoms with Gasteiger partial charge in [0.15, 0.2) is 0 Å². The van der Waals surface area contributed by atoms with Crippen molar-refractivity contribution in [1.82, 2.24) is 10.2 Å². The van der Waals surface area contributed by atoms with Crippen molar-refractivity contribution in [3.63, 3.8) is 0 Å². The summed E-state index contributed by atoms with van der Waals surface area (Å²) in [5.74, 6) is 2.08. The first-order valence-corrected chi connectivity index (χ1v) is 7.45. The third-order valence-corrected chi connectivity index (χ3v) is 4.90. The molecule has 0 amide bonds. The molecule has 2 saturated carbocycles. The normalized spacial score (nSPS) is 37.8. The Morgan fingerprint density at radius 1 is 1.12 bits per heavy atom. The van der Waals surface area contributed by atoms with E-state index in [4.69, 9.17) is 4.74 Å².